The van der Waals surface area contributed by atoms with Gasteiger partial charge in [0, 0.05) is 20.7 Å². The minimum atomic E-state index is -0.356. The summed E-state index contributed by atoms with van der Waals surface area (Å²) in [6, 6.07) is 15.6. The standard InChI is InChI=1S/C21H16N2O2S3/c1-3-12-26-21-22-17-13-8-4-6-10-15(13)27-18(17)19(23-21)28-16-11-7-5-9-14(16)20(24)25-2/h3-11H,1,12H2,2H3. The van der Waals surface area contributed by atoms with E-state index in [1.165, 1.54) is 23.6 Å². The summed E-state index contributed by atoms with van der Waals surface area (Å²) < 4.78 is 7.12. The molecule has 0 fully saturated rings. The molecule has 2 heterocycles. The molecule has 2 aromatic carbocycles. The number of hydrogen-bond donors (Lipinski definition) is 0. The highest BCUT2D eigenvalue weighted by Crippen LogP contribution is 2.41. The van der Waals surface area contributed by atoms with E-state index in [9.17, 15) is 4.79 Å². The molecule has 0 saturated heterocycles. The Morgan fingerprint density at radius 2 is 1.96 bits per heavy atom. The Kier molecular flexibility index (Phi) is 5.66. The third-order valence-corrected chi connectivity index (χ3v) is 7.20. The van der Waals surface area contributed by atoms with Gasteiger partial charge in [-0.3, -0.25) is 0 Å². The van der Waals surface area contributed by atoms with Crippen LogP contribution in [0.5, 0.6) is 0 Å². The third kappa shape index (κ3) is 3.65. The van der Waals surface area contributed by atoms with E-state index in [0.29, 0.717) is 10.7 Å². The number of thioether (sulfide) groups is 1. The second-order valence-electron chi connectivity index (χ2n) is 5.78. The Morgan fingerprint density at radius 3 is 2.79 bits per heavy atom. The fourth-order valence-electron chi connectivity index (χ4n) is 2.75. The number of benzene rings is 2. The molecule has 4 aromatic rings. The first kappa shape index (κ1) is 19.0. The quantitative estimate of drug-likeness (QED) is 0.123. The molecule has 7 heteroatoms. The monoisotopic (exact) mass is 424 g/mol. The predicted molar refractivity (Wildman–Crippen MR) is 118 cm³/mol. The van der Waals surface area contributed by atoms with Crippen molar-refractivity contribution in [3.8, 4) is 0 Å². The molecule has 0 aliphatic carbocycles. The summed E-state index contributed by atoms with van der Waals surface area (Å²) in [6.07, 6.45) is 1.84. The van der Waals surface area contributed by atoms with Crippen LogP contribution in [0.2, 0.25) is 0 Å². The number of nitrogens with zero attached hydrogens (tertiary/aromatic N) is 2. The van der Waals surface area contributed by atoms with Crippen LogP contribution in [0.25, 0.3) is 20.3 Å². The Balaban J connectivity index is 1.88. The first-order valence-corrected chi connectivity index (χ1v) is 11.1. The smallest absolute Gasteiger partial charge is 0.339 e. The first-order valence-electron chi connectivity index (χ1n) is 8.49. The molecule has 0 amide bonds. The van der Waals surface area contributed by atoms with Gasteiger partial charge in [0.05, 0.1) is 22.9 Å². The number of aromatic nitrogens is 2. The Bertz CT molecular complexity index is 1190. The average molecular weight is 425 g/mol. The van der Waals surface area contributed by atoms with Crippen molar-refractivity contribution in [2.75, 3.05) is 12.9 Å². The van der Waals surface area contributed by atoms with Gasteiger partial charge in [0.25, 0.3) is 0 Å². The highest BCUT2D eigenvalue weighted by Gasteiger charge is 2.18. The van der Waals surface area contributed by atoms with E-state index >= 15 is 0 Å². The van der Waals surface area contributed by atoms with Crippen LogP contribution in [0, 0.1) is 0 Å². The van der Waals surface area contributed by atoms with Crippen LogP contribution in [0.15, 0.2) is 76.3 Å². The number of methoxy groups -OCH3 is 1. The molecular formula is C21H16N2O2S3. The van der Waals surface area contributed by atoms with Gasteiger partial charge in [-0.25, -0.2) is 14.8 Å². The van der Waals surface area contributed by atoms with Crippen LogP contribution in [0.4, 0.5) is 0 Å². The van der Waals surface area contributed by atoms with E-state index in [0.717, 1.165) is 31.3 Å². The molecule has 0 radical (unpaired) electrons. The zero-order valence-corrected chi connectivity index (χ0v) is 17.5. The summed E-state index contributed by atoms with van der Waals surface area (Å²) >= 11 is 4.68. The summed E-state index contributed by atoms with van der Waals surface area (Å²) in [5.41, 5.74) is 1.48. The maximum atomic E-state index is 12.2. The maximum Gasteiger partial charge on any atom is 0.339 e. The van der Waals surface area contributed by atoms with Gasteiger partial charge in [-0.15, -0.1) is 17.9 Å². The Hall–Kier alpha value is -2.35. The van der Waals surface area contributed by atoms with Crippen molar-refractivity contribution in [3.05, 3.63) is 66.7 Å². The number of hydrogen-bond acceptors (Lipinski definition) is 7. The molecule has 2 aromatic heterocycles. The van der Waals surface area contributed by atoms with Gasteiger partial charge in [-0.1, -0.05) is 59.9 Å². The number of rotatable bonds is 6. The van der Waals surface area contributed by atoms with Gasteiger partial charge in [0.2, 0.25) is 0 Å². The molecule has 140 valence electrons. The van der Waals surface area contributed by atoms with Gasteiger partial charge in [0.15, 0.2) is 5.16 Å². The SMILES string of the molecule is C=CCSc1nc(Sc2ccccc2C(=O)OC)c2sc3ccccc3c2n1. The van der Waals surface area contributed by atoms with Crippen molar-refractivity contribution in [1.29, 1.82) is 0 Å². The van der Waals surface area contributed by atoms with E-state index < -0.39 is 0 Å². The fraction of sp³-hybridized carbons (Fsp3) is 0.0952. The van der Waals surface area contributed by atoms with E-state index in [4.69, 9.17) is 14.7 Å². The number of fused-ring (bicyclic) bond motifs is 3. The van der Waals surface area contributed by atoms with Gasteiger partial charge < -0.3 is 4.74 Å². The van der Waals surface area contributed by atoms with Crippen LogP contribution >= 0.6 is 34.9 Å². The average Bonchev–Trinajstić information content (AvgIpc) is 3.11. The molecule has 4 nitrogen and oxygen atoms in total. The van der Waals surface area contributed by atoms with Crippen LogP contribution in [0.1, 0.15) is 10.4 Å². The van der Waals surface area contributed by atoms with Crippen molar-refractivity contribution < 1.29 is 9.53 Å². The summed E-state index contributed by atoms with van der Waals surface area (Å²) in [6.45, 7) is 3.78. The summed E-state index contributed by atoms with van der Waals surface area (Å²) in [7, 11) is 1.39. The van der Waals surface area contributed by atoms with E-state index in [1.54, 1.807) is 29.2 Å². The minimum Gasteiger partial charge on any atom is -0.465 e. The first-order chi connectivity index (χ1) is 13.7. The lowest BCUT2D eigenvalue weighted by molar-refractivity contribution is 0.0597. The second kappa shape index (κ2) is 8.34. The molecule has 0 unspecified atom stereocenters. The highest BCUT2D eigenvalue weighted by molar-refractivity contribution is 8.00. The minimum absolute atomic E-state index is 0.356. The zero-order valence-electron chi connectivity index (χ0n) is 15.0. The number of thiophene rings is 1. The molecule has 0 spiro atoms. The fourth-order valence-corrected chi connectivity index (χ4v) is 5.60. The predicted octanol–water partition coefficient (Wildman–Crippen LogP) is 6.06. The number of carbonyl (C=O) groups is 1. The van der Waals surface area contributed by atoms with Gasteiger partial charge in [-0.2, -0.15) is 0 Å². The number of carbonyl (C=O) groups excluding carboxylic acids is 1. The molecule has 0 N–H and O–H groups in total. The van der Waals surface area contributed by atoms with Crippen molar-refractivity contribution in [1.82, 2.24) is 9.97 Å². The van der Waals surface area contributed by atoms with Crippen LogP contribution in [-0.4, -0.2) is 28.8 Å². The third-order valence-electron chi connectivity index (χ3n) is 4.00. The van der Waals surface area contributed by atoms with Crippen molar-refractivity contribution in [2.45, 2.75) is 15.1 Å². The van der Waals surface area contributed by atoms with Crippen LogP contribution in [0.3, 0.4) is 0 Å². The van der Waals surface area contributed by atoms with Gasteiger partial charge in [0.1, 0.15) is 5.03 Å². The van der Waals surface area contributed by atoms with Crippen molar-refractivity contribution >= 4 is 61.1 Å². The van der Waals surface area contributed by atoms with E-state index in [2.05, 4.69) is 18.7 Å². The molecule has 0 aliphatic rings. The summed E-state index contributed by atoms with van der Waals surface area (Å²) in [5, 5.41) is 2.66. The number of esters is 1. The van der Waals surface area contributed by atoms with Crippen molar-refractivity contribution in [2.24, 2.45) is 0 Å². The lowest BCUT2D eigenvalue weighted by Crippen LogP contribution is -2.02. The maximum absolute atomic E-state index is 12.2. The molecule has 4 rings (SSSR count). The zero-order chi connectivity index (χ0) is 19.5. The molecule has 28 heavy (non-hydrogen) atoms. The van der Waals surface area contributed by atoms with Gasteiger partial charge >= 0.3 is 5.97 Å². The molecule has 0 bridgehead atoms. The largest absolute Gasteiger partial charge is 0.465 e. The summed E-state index contributed by atoms with van der Waals surface area (Å²) in [5.74, 6) is 0.377. The van der Waals surface area contributed by atoms with E-state index in [1.807, 2.05) is 36.4 Å². The molecular weight excluding hydrogens is 408 g/mol. The lowest BCUT2D eigenvalue weighted by Gasteiger charge is -2.08. The van der Waals surface area contributed by atoms with Crippen LogP contribution in [-0.2, 0) is 4.74 Å². The molecule has 0 aliphatic heterocycles. The topological polar surface area (TPSA) is 52.1 Å². The normalized spacial score (nSPS) is 11.0. The van der Waals surface area contributed by atoms with Crippen LogP contribution < -0.4 is 0 Å². The van der Waals surface area contributed by atoms with Crippen molar-refractivity contribution in [3.63, 3.8) is 0 Å². The second-order valence-corrected chi connectivity index (χ2v) is 8.85. The molecule has 0 atom stereocenters. The number of ether oxygens (including phenoxy) is 1. The summed E-state index contributed by atoms with van der Waals surface area (Å²) in [4.78, 5) is 22.5. The van der Waals surface area contributed by atoms with Gasteiger partial charge in [-0.05, 0) is 18.2 Å². The molecule has 0 saturated carbocycles. The lowest BCUT2D eigenvalue weighted by atomic mass is 10.2. The van der Waals surface area contributed by atoms with E-state index in [-0.39, 0.29) is 5.97 Å². The Labute approximate surface area is 175 Å². The Morgan fingerprint density at radius 1 is 1.18 bits per heavy atom. The highest BCUT2D eigenvalue weighted by atomic mass is 32.2.